The summed E-state index contributed by atoms with van der Waals surface area (Å²) in [5.74, 6) is -0.0708. The lowest BCUT2D eigenvalue weighted by Gasteiger charge is -2.24. The van der Waals surface area contributed by atoms with Crippen molar-refractivity contribution in [3.8, 4) is 0 Å². The smallest absolute Gasteiger partial charge is 0.251 e. The molecular weight excluding hydrogens is 240 g/mol. The molecule has 0 unspecified atom stereocenters. The van der Waals surface area contributed by atoms with Crippen molar-refractivity contribution in [1.82, 2.24) is 5.32 Å². The molecule has 0 saturated heterocycles. The largest absolute Gasteiger partial charge is 0.388 e. The van der Waals surface area contributed by atoms with E-state index in [4.69, 9.17) is 4.74 Å². The molecule has 1 rings (SSSR count). The number of rotatable bonds is 6. The first-order valence-electron chi connectivity index (χ1n) is 6.60. The van der Waals surface area contributed by atoms with Gasteiger partial charge in [0, 0.05) is 31.5 Å². The number of amides is 1. The molecule has 1 aromatic rings. The molecule has 0 spiro atoms. The molecule has 0 heterocycles. The first-order chi connectivity index (χ1) is 8.89. The van der Waals surface area contributed by atoms with Crippen LogP contribution in [0.15, 0.2) is 18.2 Å². The standard InChI is InChI=1S/C15H24N2O2/c1-6-19-15(3,4)10-17-14(18)12-7-8-13(16-5)11(2)9-12/h7-9,16H,6,10H2,1-5H3,(H,17,18). The van der Waals surface area contributed by atoms with Gasteiger partial charge in [0.15, 0.2) is 0 Å². The van der Waals surface area contributed by atoms with E-state index in [2.05, 4.69) is 10.6 Å². The normalized spacial score (nSPS) is 11.2. The van der Waals surface area contributed by atoms with Gasteiger partial charge in [-0.15, -0.1) is 0 Å². The summed E-state index contributed by atoms with van der Waals surface area (Å²) in [7, 11) is 1.87. The molecule has 19 heavy (non-hydrogen) atoms. The topological polar surface area (TPSA) is 50.4 Å². The van der Waals surface area contributed by atoms with Gasteiger partial charge < -0.3 is 15.4 Å². The maximum absolute atomic E-state index is 12.1. The van der Waals surface area contributed by atoms with Crippen molar-refractivity contribution in [2.24, 2.45) is 0 Å². The molecule has 1 aromatic carbocycles. The highest BCUT2D eigenvalue weighted by atomic mass is 16.5. The van der Waals surface area contributed by atoms with E-state index in [0.717, 1.165) is 11.3 Å². The highest BCUT2D eigenvalue weighted by Crippen LogP contribution is 2.16. The lowest BCUT2D eigenvalue weighted by atomic mass is 10.1. The monoisotopic (exact) mass is 264 g/mol. The summed E-state index contributed by atoms with van der Waals surface area (Å²) in [6.45, 7) is 8.99. The Bertz CT molecular complexity index is 442. The molecule has 0 atom stereocenters. The predicted octanol–water partition coefficient (Wildman–Crippen LogP) is 2.58. The third-order valence-electron chi connectivity index (χ3n) is 2.97. The Hall–Kier alpha value is -1.55. The van der Waals surface area contributed by atoms with E-state index in [9.17, 15) is 4.79 Å². The fourth-order valence-electron chi connectivity index (χ4n) is 1.92. The summed E-state index contributed by atoms with van der Waals surface area (Å²) in [6.07, 6.45) is 0. The molecule has 4 nitrogen and oxygen atoms in total. The molecule has 0 aliphatic carbocycles. The number of anilines is 1. The second-order valence-electron chi connectivity index (χ2n) is 5.16. The van der Waals surface area contributed by atoms with Crippen LogP contribution < -0.4 is 10.6 Å². The zero-order valence-corrected chi connectivity index (χ0v) is 12.5. The minimum atomic E-state index is -0.343. The predicted molar refractivity (Wildman–Crippen MR) is 78.8 cm³/mol. The van der Waals surface area contributed by atoms with Crippen LogP contribution in [-0.2, 0) is 4.74 Å². The Balaban J connectivity index is 2.66. The Morgan fingerprint density at radius 1 is 1.37 bits per heavy atom. The van der Waals surface area contributed by atoms with Crippen LogP contribution in [0.5, 0.6) is 0 Å². The molecule has 0 radical (unpaired) electrons. The van der Waals surface area contributed by atoms with Gasteiger partial charge >= 0.3 is 0 Å². The van der Waals surface area contributed by atoms with E-state index in [1.807, 2.05) is 52.9 Å². The third kappa shape index (κ3) is 4.56. The van der Waals surface area contributed by atoms with Crippen molar-refractivity contribution in [2.75, 3.05) is 25.5 Å². The van der Waals surface area contributed by atoms with Gasteiger partial charge in [-0.25, -0.2) is 0 Å². The van der Waals surface area contributed by atoms with Gasteiger partial charge in [-0.1, -0.05) is 0 Å². The second kappa shape index (κ2) is 6.57. The number of carbonyl (C=O) groups is 1. The lowest BCUT2D eigenvalue weighted by molar-refractivity contribution is -0.00815. The van der Waals surface area contributed by atoms with Crippen LogP contribution in [0, 0.1) is 6.92 Å². The fourth-order valence-corrected chi connectivity index (χ4v) is 1.92. The Morgan fingerprint density at radius 2 is 2.05 bits per heavy atom. The SMILES string of the molecule is CCOC(C)(C)CNC(=O)c1ccc(NC)c(C)c1. The van der Waals surface area contributed by atoms with Crippen LogP contribution in [0.2, 0.25) is 0 Å². The number of aryl methyl sites for hydroxylation is 1. The summed E-state index contributed by atoms with van der Waals surface area (Å²) in [4.78, 5) is 12.1. The average molecular weight is 264 g/mol. The summed E-state index contributed by atoms with van der Waals surface area (Å²) in [6, 6.07) is 5.62. The van der Waals surface area contributed by atoms with Crippen molar-refractivity contribution in [3.05, 3.63) is 29.3 Å². The summed E-state index contributed by atoms with van der Waals surface area (Å²) >= 11 is 0. The van der Waals surface area contributed by atoms with Gasteiger partial charge in [-0.3, -0.25) is 4.79 Å². The number of nitrogens with one attached hydrogen (secondary N) is 2. The van der Waals surface area contributed by atoms with Gasteiger partial charge in [0.1, 0.15) is 0 Å². The molecule has 1 amide bonds. The minimum absolute atomic E-state index is 0.0708. The van der Waals surface area contributed by atoms with Gasteiger partial charge in [0.25, 0.3) is 5.91 Å². The highest BCUT2D eigenvalue weighted by Gasteiger charge is 2.19. The van der Waals surface area contributed by atoms with Crippen LogP contribution in [0.25, 0.3) is 0 Å². The van der Waals surface area contributed by atoms with Gasteiger partial charge in [0.2, 0.25) is 0 Å². The Morgan fingerprint density at radius 3 is 2.58 bits per heavy atom. The maximum atomic E-state index is 12.1. The van der Waals surface area contributed by atoms with E-state index in [1.54, 1.807) is 0 Å². The second-order valence-corrected chi connectivity index (χ2v) is 5.16. The molecular formula is C15H24N2O2. The maximum Gasteiger partial charge on any atom is 0.251 e. The first kappa shape index (κ1) is 15.5. The lowest BCUT2D eigenvalue weighted by Crippen LogP contribution is -2.40. The number of carbonyl (C=O) groups excluding carboxylic acids is 1. The molecule has 0 saturated carbocycles. The van der Waals surface area contributed by atoms with Gasteiger partial charge in [-0.2, -0.15) is 0 Å². The molecule has 0 aliphatic heterocycles. The summed E-state index contributed by atoms with van der Waals surface area (Å²) in [5.41, 5.74) is 2.42. The van der Waals surface area contributed by atoms with Crippen LogP contribution in [-0.4, -0.2) is 31.7 Å². The molecule has 106 valence electrons. The minimum Gasteiger partial charge on any atom is -0.388 e. The van der Waals surface area contributed by atoms with Crippen LogP contribution in [0.1, 0.15) is 36.7 Å². The van der Waals surface area contributed by atoms with Gasteiger partial charge in [0.05, 0.1) is 5.60 Å². The van der Waals surface area contributed by atoms with Crippen molar-refractivity contribution in [3.63, 3.8) is 0 Å². The van der Waals surface area contributed by atoms with E-state index in [-0.39, 0.29) is 11.5 Å². The van der Waals surface area contributed by atoms with Crippen LogP contribution in [0.4, 0.5) is 5.69 Å². The van der Waals surface area contributed by atoms with Crippen LogP contribution >= 0.6 is 0 Å². The first-order valence-corrected chi connectivity index (χ1v) is 6.60. The number of hydrogen-bond acceptors (Lipinski definition) is 3. The number of ether oxygens (including phenoxy) is 1. The van der Waals surface area contributed by atoms with E-state index < -0.39 is 0 Å². The van der Waals surface area contributed by atoms with E-state index in [1.165, 1.54) is 0 Å². The molecule has 0 bridgehead atoms. The van der Waals surface area contributed by atoms with Crippen LogP contribution in [0.3, 0.4) is 0 Å². The zero-order chi connectivity index (χ0) is 14.5. The zero-order valence-electron chi connectivity index (χ0n) is 12.5. The summed E-state index contributed by atoms with van der Waals surface area (Å²) < 4.78 is 5.55. The Kier molecular flexibility index (Phi) is 5.36. The van der Waals surface area contributed by atoms with Crippen molar-refractivity contribution in [1.29, 1.82) is 0 Å². The van der Waals surface area contributed by atoms with E-state index in [0.29, 0.717) is 18.7 Å². The molecule has 0 fully saturated rings. The quantitative estimate of drug-likeness (QED) is 0.830. The van der Waals surface area contributed by atoms with Crippen molar-refractivity contribution in [2.45, 2.75) is 33.3 Å². The van der Waals surface area contributed by atoms with E-state index >= 15 is 0 Å². The fraction of sp³-hybridized carbons (Fsp3) is 0.533. The average Bonchev–Trinajstić information content (AvgIpc) is 2.36. The summed E-state index contributed by atoms with van der Waals surface area (Å²) in [5, 5.41) is 5.99. The van der Waals surface area contributed by atoms with Crippen molar-refractivity contribution >= 4 is 11.6 Å². The third-order valence-corrected chi connectivity index (χ3v) is 2.97. The van der Waals surface area contributed by atoms with Crippen molar-refractivity contribution < 1.29 is 9.53 Å². The van der Waals surface area contributed by atoms with Gasteiger partial charge in [-0.05, 0) is 51.5 Å². The molecule has 0 aliphatic rings. The number of hydrogen-bond donors (Lipinski definition) is 2. The number of benzene rings is 1. The molecule has 2 N–H and O–H groups in total. The molecule has 4 heteroatoms. The molecule has 0 aromatic heterocycles. The Labute approximate surface area is 115 Å². The highest BCUT2D eigenvalue weighted by molar-refractivity contribution is 5.94.